The molecule has 2 aromatic heterocycles. The number of halogens is 1. The van der Waals surface area contributed by atoms with Gasteiger partial charge < -0.3 is 14.5 Å². The fraction of sp³-hybridized carbons (Fsp3) is 0.542. The molecular formula is C24H37ClN6OSi. The van der Waals surface area contributed by atoms with E-state index in [-0.39, 0.29) is 5.28 Å². The summed E-state index contributed by atoms with van der Waals surface area (Å²) in [6.07, 6.45) is 4.61. The molecule has 3 aromatic rings. The first-order valence-electron chi connectivity index (χ1n) is 11.8. The minimum atomic E-state index is -1.14. The Morgan fingerprint density at radius 1 is 1.09 bits per heavy atom. The second-order valence-corrected chi connectivity index (χ2v) is 15.4. The highest BCUT2D eigenvalue weighted by Crippen LogP contribution is 2.32. The third-order valence-electron chi connectivity index (χ3n) is 5.78. The quantitative estimate of drug-likeness (QED) is 0.176. The van der Waals surface area contributed by atoms with E-state index in [2.05, 4.69) is 76.6 Å². The highest BCUT2D eigenvalue weighted by Gasteiger charge is 2.18. The molecule has 0 aliphatic heterocycles. The summed E-state index contributed by atoms with van der Waals surface area (Å²) < 4.78 is 7.98. The summed E-state index contributed by atoms with van der Waals surface area (Å²) in [6.45, 7) is 16.6. The molecule has 0 radical (unpaired) electrons. The maximum Gasteiger partial charge on any atom is 0.224 e. The van der Waals surface area contributed by atoms with Gasteiger partial charge >= 0.3 is 0 Å². The molecule has 0 amide bonds. The van der Waals surface area contributed by atoms with E-state index in [9.17, 15) is 0 Å². The van der Waals surface area contributed by atoms with Crippen LogP contribution in [0, 0.1) is 0 Å². The smallest absolute Gasteiger partial charge is 0.224 e. The lowest BCUT2D eigenvalue weighted by Gasteiger charge is -2.27. The summed E-state index contributed by atoms with van der Waals surface area (Å²) in [5, 5.41) is 5.95. The fourth-order valence-corrected chi connectivity index (χ4v) is 4.70. The van der Waals surface area contributed by atoms with Crippen LogP contribution in [-0.2, 0) is 11.5 Å². The van der Waals surface area contributed by atoms with E-state index in [0.29, 0.717) is 6.73 Å². The highest BCUT2D eigenvalue weighted by molar-refractivity contribution is 6.76. The molecule has 1 aromatic carbocycles. The molecule has 0 aliphatic rings. The number of hydrogen-bond donors (Lipinski definition) is 0. The Kier molecular flexibility index (Phi) is 9.25. The Bertz CT molecular complexity index is 1020. The zero-order chi connectivity index (χ0) is 23.8. The number of hydrogen-bond acceptors (Lipinski definition) is 6. The summed E-state index contributed by atoms with van der Waals surface area (Å²) in [5.41, 5.74) is 2.09. The van der Waals surface area contributed by atoms with Crippen molar-refractivity contribution in [1.82, 2.24) is 24.6 Å². The van der Waals surface area contributed by atoms with Gasteiger partial charge in [-0.1, -0.05) is 45.6 Å². The SMILES string of the molecule is CCN(CC)CCCN(c1ccnc(Cl)n1)c1cccc2cnn(COCC[Si](C)(C)C)c12. The largest absolute Gasteiger partial charge is 0.360 e. The molecule has 33 heavy (non-hydrogen) atoms. The van der Waals surface area contributed by atoms with Crippen molar-refractivity contribution in [1.29, 1.82) is 0 Å². The maximum absolute atomic E-state index is 6.16. The first kappa shape index (κ1) is 25.6. The zero-order valence-corrected chi connectivity index (χ0v) is 22.3. The molecule has 0 saturated heterocycles. The molecule has 7 nitrogen and oxygen atoms in total. The van der Waals surface area contributed by atoms with Gasteiger partial charge in [0.05, 0.1) is 17.4 Å². The second kappa shape index (κ2) is 11.9. The number of benzene rings is 1. The molecule has 0 spiro atoms. The van der Waals surface area contributed by atoms with Gasteiger partial charge in [-0.05, 0) is 55.8 Å². The topological polar surface area (TPSA) is 59.3 Å². The summed E-state index contributed by atoms with van der Waals surface area (Å²) in [6, 6.07) is 9.32. The Morgan fingerprint density at radius 3 is 2.58 bits per heavy atom. The van der Waals surface area contributed by atoms with Crippen molar-refractivity contribution in [2.75, 3.05) is 37.7 Å². The second-order valence-electron chi connectivity index (χ2n) is 9.42. The van der Waals surface area contributed by atoms with Crippen molar-refractivity contribution >= 4 is 42.1 Å². The van der Waals surface area contributed by atoms with Crippen molar-refractivity contribution in [3.63, 3.8) is 0 Å². The lowest BCUT2D eigenvalue weighted by Crippen LogP contribution is -2.28. The van der Waals surface area contributed by atoms with Gasteiger partial charge in [-0.3, -0.25) is 0 Å². The number of fused-ring (bicyclic) bond motifs is 1. The van der Waals surface area contributed by atoms with E-state index >= 15 is 0 Å². The molecule has 0 unspecified atom stereocenters. The van der Waals surface area contributed by atoms with Gasteiger partial charge in [-0.25, -0.2) is 14.6 Å². The Balaban J connectivity index is 1.89. The number of aromatic nitrogens is 4. The van der Waals surface area contributed by atoms with Crippen molar-refractivity contribution < 1.29 is 4.74 Å². The molecule has 9 heteroatoms. The summed E-state index contributed by atoms with van der Waals surface area (Å²) >= 11 is 6.16. The summed E-state index contributed by atoms with van der Waals surface area (Å²) in [4.78, 5) is 13.3. The highest BCUT2D eigenvalue weighted by atomic mass is 35.5. The average molecular weight is 489 g/mol. The number of para-hydroxylation sites is 1. The first-order valence-corrected chi connectivity index (χ1v) is 15.9. The predicted octanol–water partition coefficient (Wildman–Crippen LogP) is 5.66. The van der Waals surface area contributed by atoms with Crippen LogP contribution in [0.25, 0.3) is 10.9 Å². The maximum atomic E-state index is 6.16. The van der Waals surface area contributed by atoms with Crippen LogP contribution in [0.5, 0.6) is 0 Å². The summed E-state index contributed by atoms with van der Waals surface area (Å²) in [5.74, 6) is 0.787. The third kappa shape index (κ3) is 7.24. The van der Waals surface area contributed by atoms with Crippen LogP contribution in [0.3, 0.4) is 0 Å². The van der Waals surface area contributed by atoms with Crippen molar-refractivity contribution in [2.45, 2.75) is 52.7 Å². The van der Waals surface area contributed by atoms with Crippen molar-refractivity contribution in [3.05, 3.63) is 41.9 Å². The minimum Gasteiger partial charge on any atom is -0.360 e. The lowest BCUT2D eigenvalue weighted by molar-refractivity contribution is 0.0817. The lowest BCUT2D eigenvalue weighted by atomic mass is 10.2. The fourth-order valence-electron chi connectivity index (χ4n) is 3.80. The normalized spacial score (nSPS) is 12.1. The van der Waals surface area contributed by atoms with Crippen molar-refractivity contribution in [3.8, 4) is 0 Å². The van der Waals surface area contributed by atoms with Gasteiger partial charge in [0.2, 0.25) is 5.28 Å². The van der Waals surface area contributed by atoms with Crippen LogP contribution in [-0.4, -0.2) is 65.5 Å². The van der Waals surface area contributed by atoms with E-state index in [1.807, 2.05) is 16.9 Å². The molecular weight excluding hydrogens is 452 g/mol. The van der Waals surface area contributed by atoms with E-state index in [0.717, 1.165) is 67.7 Å². The number of nitrogens with zero attached hydrogens (tertiary/aromatic N) is 6. The number of rotatable bonds is 13. The van der Waals surface area contributed by atoms with E-state index in [1.165, 1.54) is 0 Å². The molecule has 2 heterocycles. The molecule has 0 fully saturated rings. The molecule has 3 rings (SSSR count). The Morgan fingerprint density at radius 2 is 1.88 bits per heavy atom. The predicted molar refractivity (Wildman–Crippen MR) is 140 cm³/mol. The van der Waals surface area contributed by atoms with E-state index < -0.39 is 8.07 Å². The summed E-state index contributed by atoms with van der Waals surface area (Å²) in [7, 11) is -1.14. The minimum absolute atomic E-state index is 0.247. The van der Waals surface area contributed by atoms with Gasteiger partial charge in [-0.2, -0.15) is 5.10 Å². The molecule has 180 valence electrons. The van der Waals surface area contributed by atoms with Crippen LogP contribution in [0.2, 0.25) is 31.0 Å². The molecule has 0 aliphatic carbocycles. The number of anilines is 2. The zero-order valence-electron chi connectivity index (χ0n) is 20.6. The first-order chi connectivity index (χ1) is 15.8. The van der Waals surface area contributed by atoms with Crippen molar-refractivity contribution in [2.24, 2.45) is 0 Å². The Hall–Kier alpha value is -2.00. The van der Waals surface area contributed by atoms with E-state index in [4.69, 9.17) is 16.3 Å². The molecule has 0 atom stereocenters. The van der Waals surface area contributed by atoms with Crippen LogP contribution in [0.4, 0.5) is 11.5 Å². The van der Waals surface area contributed by atoms with Crippen LogP contribution in [0.1, 0.15) is 20.3 Å². The van der Waals surface area contributed by atoms with Gasteiger partial charge in [-0.15, -0.1) is 0 Å². The van der Waals surface area contributed by atoms with Gasteiger partial charge in [0.1, 0.15) is 12.5 Å². The van der Waals surface area contributed by atoms with Gasteiger partial charge in [0.15, 0.2) is 0 Å². The monoisotopic (exact) mass is 488 g/mol. The van der Waals surface area contributed by atoms with E-state index in [1.54, 1.807) is 6.20 Å². The molecule has 0 N–H and O–H groups in total. The van der Waals surface area contributed by atoms with Crippen LogP contribution < -0.4 is 4.90 Å². The Labute approximate surface area is 203 Å². The molecule has 0 bridgehead atoms. The van der Waals surface area contributed by atoms with Gasteiger partial charge in [0.25, 0.3) is 0 Å². The van der Waals surface area contributed by atoms with Crippen LogP contribution in [0.15, 0.2) is 36.7 Å². The standard InChI is InChI=1S/C24H37ClN6OSi/c1-6-29(7-2)14-9-15-30(22-12-13-26-24(25)28-22)21-11-8-10-20-18-27-31(23(20)21)19-32-16-17-33(3,4)5/h8,10-13,18H,6-7,9,14-17,19H2,1-5H3. The average Bonchev–Trinajstić information content (AvgIpc) is 3.20. The third-order valence-corrected chi connectivity index (χ3v) is 7.67. The van der Waals surface area contributed by atoms with Crippen LogP contribution >= 0.6 is 11.6 Å². The molecule has 0 saturated carbocycles. The van der Waals surface area contributed by atoms with Gasteiger partial charge in [0, 0.05) is 32.8 Å². The number of ether oxygens (including phenoxy) is 1.